The van der Waals surface area contributed by atoms with Gasteiger partial charge in [0.05, 0.1) is 16.6 Å². The summed E-state index contributed by atoms with van der Waals surface area (Å²) in [4.78, 5) is 4.32. The zero-order valence-corrected chi connectivity index (χ0v) is 12.8. The number of hydrogen-bond donors (Lipinski definition) is 1. The van der Waals surface area contributed by atoms with Gasteiger partial charge in [-0.05, 0) is 39.5 Å². The summed E-state index contributed by atoms with van der Waals surface area (Å²) in [5.41, 5.74) is 9.12. The molecule has 18 heavy (non-hydrogen) atoms. The molecule has 0 aliphatic carbocycles. The van der Waals surface area contributed by atoms with Gasteiger partial charge in [0, 0.05) is 6.42 Å². The number of methoxy groups -OCH3 is 1. The third-order valence-corrected chi connectivity index (χ3v) is 4.42. The first kappa shape index (κ1) is 13.4. The van der Waals surface area contributed by atoms with Crippen molar-refractivity contribution in [3.8, 4) is 5.75 Å². The molecule has 0 fully saturated rings. The minimum Gasteiger partial charge on any atom is -0.496 e. The predicted octanol–water partition coefficient (Wildman–Crippen LogP) is 3.65. The molecule has 0 amide bonds. The van der Waals surface area contributed by atoms with Crippen LogP contribution in [0.3, 0.4) is 0 Å². The Morgan fingerprint density at radius 3 is 2.78 bits per heavy atom. The van der Waals surface area contributed by atoms with E-state index in [9.17, 15) is 0 Å². The van der Waals surface area contributed by atoms with E-state index >= 15 is 0 Å². The lowest BCUT2D eigenvalue weighted by Crippen LogP contribution is -1.95. The van der Waals surface area contributed by atoms with Crippen molar-refractivity contribution in [3.63, 3.8) is 0 Å². The maximum atomic E-state index is 5.69. The fourth-order valence-corrected chi connectivity index (χ4v) is 3.17. The molecule has 2 aromatic rings. The van der Waals surface area contributed by atoms with Crippen LogP contribution in [-0.4, -0.2) is 12.1 Å². The molecule has 3 nitrogen and oxygen atoms in total. The number of hydrogen-bond acceptors (Lipinski definition) is 4. The Balaban J connectivity index is 2.27. The van der Waals surface area contributed by atoms with E-state index in [-0.39, 0.29) is 0 Å². The van der Waals surface area contributed by atoms with Gasteiger partial charge in [0.2, 0.25) is 0 Å². The summed E-state index contributed by atoms with van der Waals surface area (Å²) in [6, 6.07) is 6.25. The van der Waals surface area contributed by atoms with E-state index in [2.05, 4.69) is 40.0 Å². The molecule has 0 spiro atoms. The fourth-order valence-electron chi connectivity index (χ4n) is 1.87. The maximum absolute atomic E-state index is 5.69. The molecular weight excluding hydrogens is 312 g/mol. The van der Waals surface area contributed by atoms with Crippen LogP contribution in [0.4, 0.5) is 5.13 Å². The number of rotatable bonds is 4. The van der Waals surface area contributed by atoms with Gasteiger partial charge >= 0.3 is 0 Å². The van der Waals surface area contributed by atoms with Crippen molar-refractivity contribution >= 4 is 32.4 Å². The molecule has 1 heterocycles. The highest BCUT2D eigenvalue weighted by Gasteiger charge is 2.09. The standard InChI is InChI=1S/C13H15BrN2OS/c1-3-9-6-8(4-5-11(9)17-2)7-10-12(14)18-13(15)16-10/h4-6H,3,7H2,1-2H3,(H2,15,16). The Hall–Kier alpha value is -1.07. The van der Waals surface area contributed by atoms with Crippen molar-refractivity contribution in [1.82, 2.24) is 4.98 Å². The smallest absolute Gasteiger partial charge is 0.181 e. The van der Waals surface area contributed by atoms with Crippen molar-refractivity contribution in [2.75, 3.05) is 12.8 Å². The molecule has 1 aromatic carbocycles. The van der Waals surface area contributed by atoms with Crippen molar-refractivity contribution < 1.29 is 4.74 Å². The molecule has 2 rings (SSSR count). The van der Waals surface area contributed by atoms with Crippen LogP contribution in [-0.2, 0) is 12.8 Å². The molecule has 2 N–H and O–H groups in total. The molecule has 0 atom stereocenters. The van der Waals surface area contributed by atoms with Gasteiger partial charge in [-0.2, -0.15) is 0 Å². The second kappa shape index (κ2) is 5.71. The van der Waals surface area contributed by atoms with Crippen LogP contribution in [0.1, 0.15) is 23.7 Å². The Morgan fingerprint density at radius 2 is 2.22 bits per heavy atom. The average molecular weight is 327 g/mol. The zero-order chi connectivity index (χ0) is 13.1. The molecular formula is C13H15BrN2OS. The van der Waals surface area contributed by atoms with Gasteiger partial charge in [-0.25, -0.2) is 4.98 Å². The molecule has 0 aliphatic heterocycles. The summed E-state index contributed by atoms with van der Waals surface area (Å²) in [7, 11) is 1.70. The molecule has 0 saturated heterocycles. The topological polar surface area (TPSA) is 48.1 Å². The second-order valence-corrected chi connectivity index (χ2v) is 6.30. The highest BCUT2D eigenvalue weighted by atomic mass is 79.9. The number of halogens is 1. The van der Waals surface area contributed by atoms with Crippen LogP contribution >= 0.6 is 27.3 Å². The number of nitrogen functional groups attached to an aromatic ring is 1. The van der Waals surface area contributed by atoms with Crippen molar-refractivity contribution in [3.05, 3.63) is 38.8 Å². The molecule has 0 saturated carbocycles. The van der Waals surface area contributed by atoms with Crippen LogP contribution in [0.5, 0.6) is 5.75 Å². The lowest BCUT2D eigenvalue weighted by atomic mass is 10.0. The van der Waals surface area contributed by atoms with Gasteiger partial charge in [-0.3, -0.25) is 0 Å². The Kier molecular flexibility index (Phi) is 4.24. The van der Waals surface area contributed by atoms with Crippen molar-refractivity contribution in [2.24, 2.45) is 0 Å². The van der Waals surface area contributed by atoms with Crippen LogP contribution in [0.2, 0.25) is 0 Å². The first-order chi connectivity index (χ1) is 8.63. The molecule has 0 radical (unpaired) electrons. The lowest BCUT2D eigenvalue weighted by molar-refractivity contribution is 0.410. The summed E-state index contributed by atoms with van der Waals surface area (Å²) < 4.78 is 6.33. The lowest BCUT2D eigenvalue weighted by Gasteiger charge is -2.08. The molecule has 0 unspecified atom stereocenters. The van der Waals surface area contributed by atoms with Gasteiger partial charge < -0.3 is 10.5 Å². The number of aromatic nitrogens is 1. The molecule has 96 valence electrons. The highest BCUT2D eigenvalue weighted by molar-refractivity contribution is 9.11. The summed E-state index contributed by atoms with van der Waals surface area (Å²) in [5.74, 6) is 0.943. The molecule has 0 bridgehead atoms. The van der Waals surface area contributed by atoms with Crippen LogP contribution in [0.15, 0.2) is 22.0 Å². The fraction of sp³-hybridized carbons (Fsp3) is 0.308. The first-order valence-corrected chi connectivity index (χ1v) is 7.31. The monoisotopic (exact) mass is 326 g/mol. The van der Waals surface area contributed by atoms with E-state index < -0.39 is 0 Å². The highest BCUT2D eigenvalue weighted by Crippen LogP contribution is 2.29. The Labute approximate surface area is 119 Å². The van der Waals surface area contributed by atoms with Gasteiger partial charge in [-0.1, -0.05) is 30.4 Å². The van der Waals surface area contributed by atoms with Gasteiger partial charge in [0.1, 0.15) is 5.75 Å². The number of nitrogens with zero attached hydrogens (tertiary/aromatic N) is 1. The number of benzene rings is 1. The van der Waals surface area contributed by atoms with Crippen LogP contribution in [0, 0.1) is 0 Å². The molecule has 1 aromatic heterocycles. The van der Waals surface area contributed by atoms with Crippen LogP contribution in [0.25, 0.3) is 0 Å². The van der Waals surface area contributed by atoms with E-state index in [1.165, 1.54) is 22.5 Å². The zero-order valence-electron chi connectivity index (χ0n) is 10.4. The molecule has 5 heteroatoms. The SMILES string of the molecule is CCc1cc(Cc2nc(N)sc2Br)ccc1OC. The number of ether oxygens (including phenoxy) is 1. The number of aryl methyl sites for hydroxylation is 1. The minimum absolute atomic E-state index is 0.598. The maximum Gasteiger partial charge on any atom is 0.181 e. The Morgan fingerprint density at radius 1 is 1.44 bits per heavy atom. The van der Waals surface area contributed by atoms with E-state index in [0.29, 0.717) is 5.13 Å². The van der Waals surface area contributed by atoms with Gasteiger partial charge in [0.25, 0.3) is 0 Å². The molecule has 0 aliphatic rings. The van der Waals surface area contributed by atoms with E-state index in [1.54, 1.807) is 7.11 Å². The second-order valence-electron chi connectivity index (χ2n) is 3.95. The van der Waals surface area contributed by atoms with Crippen LogP contribution < -0.4 is 10.5 Å². The van der Waals surface area contributed by atoms with E-state index in [0.717, 1.165) is 28.1 Å². The third-order valence-electron chi connectivity index (χ3n) is 2.76. The normalized spacial score (nSPS) is 10.6. The first-order valence-electron chi connectivity index (χ1n) is 5.70. The third kappa shape index (κ3) is 2.84. The number of thiazole rings is 1. The largest absolute Gasteiger partial charge is 0.496 e. The van der Waals surface area contributed by atoms with Gasteiger partial charge in [-0.15, -0.1) is 0 Å². The summed E-state index contributed by atoms with van der Waals surface area (Å²) >= 11 is 4.95. The minimum atomic E-state index is 0.598. The van der Waals surface area contributed by atoms with E-state index in [1.807, 2.05) is 6.07 Å². The summed E-state index contributed by atoms with van der Waals surface area (Å²) in [5, 5.41) is 0.598. The van der Waals surface area contributed by atoms with E-state index in [4.69, 9.17) is 10.5 Å². The van der Waals surface area contributed by atoms with Crippen molar-refractivity contribution in [1.29, 1.82) is 0 Å². The average Bonchev–Trinajstić information content (AvgIpc) is 2.67. The number of nitrogens with two attached hydrogens (primary N) is 1. The summed E-state index contributed by atoms with van der Waals surface area (Å²) in [6.45, 7) is 2.12. The van der Waals surface area contributed by atoms with Crippen molar-refractivity contribution in [2.45, 2.75) is 19.8 Å². The predicted molar refractivity (Wildman–Crippen MR) is 79.4 cm³/mol. The van der Waals surface area contributed by atoms with Gasteiger partial charge in [0.15, 0.2) is 5.13 Å². The Bertz CT molecular complexity index is 554. The summed E-state index contributed by atoms with van der Waals surface area (Å²) in [6.07, 6.45) is 1.74. The number of anilines is 1. The quantitative estimate of drug-likeness (QED) is 0.932.